The van der Waals surface area contributed by atoms with E-state index in [0.717, 1.165) is 12.0 Å². The smallest absolute Gasteiger partial charge is 0.288 e. The number of hydrogen-bond donors (Lipinski definition) is 1. The first-order valence-electron chi connectivity index (χ1n) is 7.89. The summed E-state index contributed by atoms with van der Waals surface area (Å²) in [7, 11) is 0. The Kier molecular flexibility index (Phi) is 5.96. The third-order valence-electron chi connectivity index (χ3n) is 3.60. The predicted molar refractivity (Wildman–Crippen MR) is 96.4 cm³/mol. The molecule has 0 radical (unpaired) electrons. The van der Waals surface area contributed by atoms with Crippen molar-refractivity contribution in [3.8, 4) is 0 Å². The van der Waals surface area contributed by atoms with E-state index in [2.05, 4.69) is 15.4 Å². The topological polar surface area (TPSA) is 59.8 Å². The van der Waals surface area contributed by atoms with Crippen LogP contribution in [0.2, 0.25) is 0 Å². The summed E-state index contributed by atoms with van der Waals surface area (Å²) in [6.45, 7) is 0.680. The summed E-state index contributed by atoms with van der Waals surface area (Å²) >= 11 is 0.445. The average molecular weight is 374 g/mol. The highest BCUT2D eigenvalue weighted by atomic mass is 32.2. The van der Waals surface area contributed by atoms with E-state index < -0.39 is 5.76 Å². The number of anilines is 1. The largest absolute Gasteiger partial charge is 0.305 e. The van der Waals surface area contributed by atoms with Crippen molar-refractivity contribution in [1.29, 1.82) is 0 Å². The SMILES string of the molecule is O=C(Nc1ccn(CCc2ccncc2)n1)c1ccc(SC(F)F)cc1. The van der Waals surface area contributed by atoms with Crippen LogP contribution in [0, 0.1) is 0 Å². The quantitative estimate of drug-likeness (QED) is 0.633. The molecule has 0 fully saturated rings. The first-order chi connectivity index (χ1) is 12.6. The number of pyridine rings is 1. The van der Waals surface area contributed by atoms with Crippen LogP contribution in [-0.2, 0) is 13.0 Å². The maximum Gasteiger partial charge on any atom is 0.288 e. The van der Waals surface area contributed by atoms with Crippen molar-refractivity contribution in [2.45, 2.75) is 23.6 Å². The lowest BCUT2D eigenvalue weighted by molar-refractivity contribution is 0.102. The molecule has 1 N–H and O–H groups in total. The monoisotopic (exact) mass is 374 g/mol. The highest BCUT2D eigenvalue weighted by Crippen LogP contribution is 2.25. The molecule has 134 valence electrons. The molecule has 2 heterocycles. The van der Waals surface area contributed by atoms with Crippen LogP contribution in [0.15, 0.2) is 66.0 Å². The molecule has 1 aromatic carbocycles. The number of alkyl halides is 2. The molecule has 1 amide bonds. The summed E-state index contributed by atoms with van der Waals surface area (Å²) in [5.41, 5.74) is 1.54. The van der Waals surface area contributed by atoms with Gasteiger partial charge in [0.05, 0.1) is 0 Å². The van der Waals surface area contributed by atoms with Crippen molar-refractivity contribution >= 4 is 23.5 Å². The molecular formula is C18H16F2N4OS. The van der Waals surface area contributed by atoms with Crippen molar-refractivity contribution in [1.82, 2.24) is 14.8 Å². The van der Waals surface area contributed by atoms with E-state index in [1.54, 1.807) is 29.3 Å². The van der Waals surface area contributed by atoms with Gasteiger partial charge in [-0.3, -0.25) is 14.5 Å². The molecule has 5 nitrogen and oxygen atoms in total. The van der Waals surface area contributed by atoms with Crippen LogP contribution in [0.3, 0.4) is 0 Å². The number of halogens is 2. The van der Waals surface area contributed by atoms with E-state index in [1.165, 1.54) is 24.3 Å². The molecule has 0 spiro atoms. The Bertz CT molecular complexity index is 853. The van der Waals surface area contributed by atoms with Crippen LogP contribution < -0.4 is 5.32 Å². The fraction of sp³-hybridized carbons (Fsp3) is 0.167. The molecule has 0 bridgehead atoms. The zero-order valence-corrected chi connectivity index (χ0v) is 14.5. The first-order valence-corrected chi connectivity index (χ1v) is 8.77. The van der Waals surface area contributed by atoms with Crippen molar-refractivity contribution in [2.24, 2.45) is 0 Å². The Hall–Kier alpha value is -2.74. The van der Waals surface area contributed by atoms with Gasteiger partial charge in [-0.2, -0.15) is 13.9 Å². The molecule has 26 heavy (non-hydrogen) atoms. The normalized spacial score (nSPS) is 10.9. The first kappa shape index (κ1) is 18.1. The van der Waals surface area contributed by atoms with Gasteiger partial charge in [0, 0.05) is 41.7 Å². The fourth-order valence-corrected chi connectivity index (χ4v) is 2.82. The molecule has 0 saturated heterocycles. The minimum absolute atomic E-state index is 0.335. The molecule has 0 saturated carbocycles. The second-order valence-electron chi connectivity index (χ2n) is 5.43. The van der Waals surface area contributed by atoms with Gasteiger partial charge in [0.25, 0.3) is 11.7 Å². The summed E-state index contributed by atoms with van der Waals surface area (Å²) < 4.78 is 26.4. The van der Waals surface area contributed by atoms with E-state index >= 15 is 0 Å². The summed E-state index contributed by atoms with van der Waals surface area (Å²) in [6.07, 6.45) is 6.09. The summed E-state index contributed by atoms with van der Waals surface area (Å²) in [5.74, 6) is -2.38. The second-order valence-corrected chi connectivity index (χ2v) is 6.49. The molecule has 2 aromatic heterocycles. The number of nitrogens with zero attached hydrogens (tertiary/aromatic N) is 3. The number of amides is 1. The van der Waals surface area contributed by atoms with Crippen molar-refractivity contribution < 1.29 is 13.6 Å². The van der Waals surface area contributed by atoms with Crippen LogP contribution in [0.5, 0.6) is 0 Å². The van der Waals surface area contributed by atoms with Gasteiger partial charge in [-0.1, -0.05) is 11.8 Å². The lowest BCUT2D eigenvalue weighted by atomic mass is 10.2. The molecule has 0 aliphatic heterocycles. The number of aryl methyl sites for hydroxylation is 2. The summed E-state index contributed by atoms with van der Waals surface area (Å²) in [6, 6.07) is 11.6. The van der Waals surface area contributed by atoms with Gasteiger partial charge >= 0.3 is 0 Å². The van der Waals surface area contributed by atoms with E-state index in [-0.39, 0.29) is 5.91 Å². The van der Waals surface area contributed by atoms with E-state index in [9.17, 15) is 13.6 Å². The average Bonchev–Trinajstić information content (AvgIpc) is 3.08. The highest BCUT2D eigenvalue weighted by Gasteiger charge is 2.10. The number of nitrogens with one attached hydrogen (secondary N) is 1. The van der Waals surface area contributed by atoms with Crippen LogP contribution in [0.4, 0.5) is 14.6 Å². The predicted octanol–water partition coefficient (Wildman–Crippen LogP) is 4.09. The van der Waals surface area contributed by atoms with Crippen molar-refractivity contribution in [3.05, 3.63) is 72.2 Å². The van der Waals surface area contributed by atoms with Gasteiger partial charge in [-0.15, -0.1) is 0 Å². The Morgan fingerprint density at radius 1 is 1.12 bits per heavy atom. The van der Waals surface area contributed by atoms with Crippen LogP contribution >= 0.6 is 11.8 Å². The molecule has 3 aromatic rings. The third kappa shape index (κ3) is 5.13. The molecule has 0 unspecified atom stereocenters. The van der Waals surface area contributed by atoms with Crippen molar-refractivity contribution in [2.75, 3.05) is 5.32 Å². The molecule has 0 aliphatic rings. The standard InChI is InChI=1S/C18H16F2N4OS/c19-18(20)26-15-3-1-14(2-4-15)17(25)22-16-8-12-24(23-16)11-7-13-5-9-21-10-6-13/h1-6,8-10,12,18H,7,11H2,(H,22,23,25). The van der Waals surface area contributed by atoms with Gasteiger partial charge in [-0.05, 0) is 48.4 Å². The Labute approximate surface area is 153 Å². The van der Waals surface area contributed by atoms with Gasteiger partial charge in [0.2, 0.25) is 0 Å². The number of benzene rings is 1. The molecule has 8 heteroatoms. The van der Waals surface area contributed by atoms with Crippen LogP contribution in [0.25, 0.3) is 0 Å². The van der Waals surface area contributed by atoms with E-state index in [4.69, 9.17) is 0 Å². The third-order valence-corrected chi connectivity index (χ3v) is 4.33. The van der Waals surface area contributed by atoms with Gasteiger partial charge < -0.3 is 5.32 Å². The van der Waals surface area contributed by atoms with Gasteiger partial charge in [0.1, 0.15) is 0 Å². The maximum absolute atomic E-state index is 12.3. The number of carbonyl (C=O) groups is 1. The van der Waals surface area contributed by atoms with Crippen LogP contribution in [-0.4, -0.2) is 26.4 Å². The van der Waals surface area contributed by atoms with Gasteiger partial charge in [-0.25, -0.2) is 0 Å². The molecule has 3 rings (SSSR count). The molecular weight excluding hydrogens is 358 g/mol. The lowest BCUT2D eigenvalue weighted by Gasteiger charge is -2.04. The number of thioether (sulfide) groups is 1. The van der Waals surface area contributed by atoms with Crippen LogP contribution in [0.1, 0.15) is 15.9 Å². The zero-order chi connectivity index (χ0) is 18.4. The van der Waals surface area contributed by atoms with Gasteiger partial charge in [0.15, 0.2) is 5.82 Å². The maximum atomic E-state index is 12.3. The molecule has 0 aliphatic carbocycles. The lowest BCUT2D eigenvalue weighted by Crippen LogP contribution is -2.13. The Morgan fingerprint density at radius 3 is 2.54 bits per heavy atom. The van der Waals surface area contributed by atoms with Crippen molar-refractivity contribution in [3.63, 3.8) is 0 Å². The Balaban J connectivity index is 1.55. The number of rotatable bonds is 7. The minimum Gasteiger partial charge on any atom is -0.305 e. The summed E-state index contributed by atoms with van der Waals surface area (Å²) in [5, 5.41) is 7.01. The number of carbonyl (C=O) groups excluding carboxylic acids is 1. The number of aromatic nitrogens is 3. The highest BCUT2D eigenvalue weighted by molar-refractivity contribution is 7.99. The fourth-order valence-electron chi connectivity index (χ4n) is 2.32. The second kappa shape index (κ2) is 8.57. The van der Waals surface area contributed by atoms with E-state index in [1.807, 2.05) is 12.1 Å². The minimum atomic E-state index is -2.48. The van der Waals surface area contributed by atoms with E-state index in [0.29, 0.717) is 34.6 Å². The molecule has 0 atom stereocenters. The Morgan fingerprint density at radius 2 is 1.85 bits per heavy atom. The number of hydrogen-bond acceptors (Lipinski definition) is 4. The summed E-state index contributed by atoms with van der Waals surface area (Å²) in [4.78, 5) is 16.6. The zero-order valence-electron chi connectivity index (χ0n) is 13.7.